The maximum Gasteiger partial charge on any atom is 0.469 e. The van der Waals surface area contributed by atoms with Gasteiger partial charge in [0.1, 0.15) is 0 Å². The summed E-state index contributed by atoms with van der Waals surface area (Å²) in [6.07, 6.45) is 28.3. The topological polar surface area (TPSA) is 66.8 Å². The molecule has 0 saturated heterocycles. The van der Waals surface area contributed by atoms with Crippen LogP contribution in [0.2, 0.25) is 0 Å². The molecule has 5 heteroatoms. The van der Waals surface area contributed by atoms with Crippen molar-refractivity contribution in [2.75, 3.05) is 6.61 Å². The number of allylic oxidation sites excluding steroid dienone is 12. The molecule has 0 radical (unpaired) electrons. The first-order chi connectivity index (χ1) is 18.8. The fourth-order valence-electron chi connectivity index (χ4n) is 4.42. The minimum Gasteiger partial charge on any atom is -0.303 e. The number of hydrogen-bond donors (Lipinski definition) is 2. The van der Waals surface area contributed by atoms with Gasteiger partial charge in [-0.05, 0) is 138 Å². The second-order valence-electron chi connectivity index (χ2n) is 12.0. The maximum absolute atomic E-state index is 10.7. The molecule has 0 amide bonds. The lowest BCUT2D eigenvalue weighted by Gasteiger charge is -2.11. The van der Waals surface area contributed by atoms with Crippen molar-refractivity contribution in [1.82, 2.24) is 0 Å². The van der Waals surface area contributed by atoms with Gasteiger partial charge in [0.05, 0.1) is 6.61 Å². The Morgan fingerprint density at radius 2 is 0.900 bits per heavy atom. The van der Waals surface area contributed by atoms with Crippen molar-refractivity contribution < 1.29 is 18.9 Å². The van der Waals surface area contributed by atoms with Crippen LogP contribution < -0.4 is 0 Å². The van der Waals surface area contributed by atoms with Crippen LogP contribution in [0.1, 0.15) is 139 Å². The Kier molecular flexibility index (Phi) is 22.3. The standard InChI is InChI=1S/C35H61O4P/c1-29(2)15-9-16-30(3)17-10-18-31(4)19-11-20-32(5)21-12-22-33(6)23-13-24-34(7)25-14-26-35(8)27-28-39-40(36,37)38/h15,17,19,21,23,25,35H,9-14,16,18,20,22,24,26-28H2,1-8H3,(H2,36,37,38)/b30-17+,31-19+,32-21+,33-23+,34-25+. The molecule has 0 aromatic heterocycles. The zero-order chi connectivity index (χ0) is 30.4. The number of hydrogen-bond acceptors (Lipinski definition) is 2. The SMILES string of the molecule is CC(C)=CCC/C(C)=C/CC/C(C)=C/CC/C(C)=C/CC/C(C)=C/CC/C(C)=C/CCC(C)CCOP(=O)(O)O. The monoisotopic (exact) mass is 576 g/mol. The van der Waals surface area contributed by atoms with Crippen LogP contribution in [-0.2, 0) is 9.09 Å². The molecule has 230 valence electrons. The molecule has 1 unspecified atom stereocenters. The summed E-state index contributed by atoms with van der Waals surface area (Å²) in [6.45, 7) is 17.8. The molecular weight excluding hydrogens is 515 g/mol. The Bertz CT molecular complexity index is 923. The molecule has 4 nitrogen and oxygen atoms in total. The lowest BCUT2D eigenvalue weighted by molar-refractivity contribution is 0.185. The highest BCUT2D eigenvalue weighted by Gasteiger charge is 2.13. The van der Waals surface area contributed by atoms with E-state index >= 15 is 0 Å². The zero-order valence-corrected chi connectivity index (χ0v) is 28.0. The van der Waals surface area contributed by atoms with Gasteiger partial charge in [-0.1, -0.05) is 76.8 Å². The largest absolute Gasteiger partial charge is 0.469 e. The van der Waals surface area contributed by atoms with E-state index in [4.69, 9.17) is 9.79 Å². The van der Waals surface area contributed by atoms with E-state index < -0.39 is 7.82 Å². The van der Waals surface area contributed by atoms with Gasteiger partial charge in [0.2, 0.25) is 0 Å². The Balaban J connectivity index is 4.13. The number of phosphoric acid groups is 1. The van der Waals surface area contributed by atoms with E-state index in [0.29, 0.717) is 12.3 Å². The van der Waals surface area contributed by atoms with Crippen LogP contribution in [0.15, 0.2) is 69.9 Å². The third-order valence-electron chi connectivity index (χ3n) is 7.24. The van der Waals surface area contributed by atoms with Crippen LogP contribution in [0.4, 0.5) is 0 Å². The van der Waals surface area contributed by atoms with Gasteiger partial charge in [0.15, 0.2) is 0 Å². The van der Waals surface area contributed by atoms with Crippen molar-refractivity contribution in [2.24, 2.45) is 5.92 Å². The van der Waals surface area contributed by atoms with Crippen molar-refractivity contribution in [1.29, 1.82) is 0 Å². The molecule has 0 fully saturated rings. The second-order valence-corrected chi connectivity index (χ2v) is 13.3. The van der Waals surface area contributed by atoms with Crippen LogP contribution in [0.3, 0.4) is 0 Å². The molecule has 0 heterocycles. The minimum atomic E-state index is -4.34. The average Bonchev–Trinajstić information content (AvgIpc) is 2.83. The molecule has 0 aromatic rings. The lowest BCUT2D eigenvalue weighted by atomic mass is 10.0. The van der Waals surface area contributed by atoms with E-state index in [0.717, 1.165) is 70.6 Å². The smallest absolute Gasteiger partial charge is 0.303 e. The summed E-state index contributed by atoms with van der Waals surface area (Å²) in [7, 11) is -4.34. The van der Waals surface area contributed by atoms with Crippen molar-refractivity contribution in [3.8, 4) is 0 Å². The Morgan fingerprint density at radius 3 is 1.23 bits per heavy atom. The van der Waals surface area contributed by atoms with E-state index in [-0.39, 0.29) is 6.61 Å². The molecule has 1 atom stereocenters. The first kappa shape index (κ1) is 38.5. The van der Waals surface area contributed by atoms with Crippen molar-refractivity contribution >= 4 is 7.82 Å². The Labute approximate surface area is 247 Å². The van der Waals surface area contributed by atoms with Crippen LogP contribution in [-0.4, -0.2) is 16.4 Å². The van der Waals surface area contributed by atoms with Crippen LogP contribution in [0.5, 0.6) is 0 Å². The van der Waals surface area contributed by atoms with E-state index in [9.17, 15) is 4.57 Å². The fourth-order valence-corrected chi connectivity index (χ4v) is 4.76. The van der Waals surface area contributed by atoms with E-state index in [1.165, 1.54) is 39.9 Å². The van der Waals surface area contributed by atoms with E-state index in [1.54, 1.807) is 0 Å². The molecule has 0 spiro atoms. The molecule has 0 aromatic carbocycles. The average molecular weight is 577 g/mol. The van der Waals surface area contributed by atoms with Crippen molar-refractivity contribution in [3.05, 3.63) is 69.9 Å². The normalized spacial score (nSPS) is 15.0. The van der Waals surface area contributed by atoms with Gasteiger partial charge in [0, 0.05) is 0 Å². The van der Waals surface area contributed by atoms with Gasteiger partial charge in [-0.15, -0.1) is 0 Å². The van der Waals surface area contributed by atoms with Crippen LogP contribution >= 0.6 is 7.82 Å². The third kappa shape index (κ3) is 26.8. The summed E-state index contributed by atoms with van der Waals surface area (Å²) in [5.74, 6) is 0.383. The highest BCUT2D eigenvalue weighted by molar-refractivity contribution is 7.46. The van der Waals surface area contributed by atoms with Crippen molar-refractivity contribution in [2.45, 2.75) is 139 Å². The first-order valence-corrected chi connectivity index (χ1v) is 16.9. The van der Waals surface area contributed by atoms with Gasteiger partial charge < -0.3 is 9.79 Å². The molecule has 0 rings (SSSR count). The van der Waals surface area contributed by atoms with E-state index in [1.807, 2.05) is 0 Å². The van der Waals surface area contributed by atoms with Gasteiger partial charge in [-0.25, -0.2) is 4.57 Å². The lowest BCUT2D eigenvalue weighted by Crippen LogP contribution is -2.00. The number of phosphoric ester groups is 1. The molecule has 0 aliphatic heterocycles. The Morgan fingerprint density at radius 1 is 0.575 bits per heavy atom. The molecule has 0 aliphatic carbocycles. The van der Waals surface area contributed by atoms with Crippen LogP contribution in [0, 0.1) is 5.92 Å². The fraction of sp³-hybridized carbons (Fsp3) is 0.657. The van der Waals surface area contributed by atoms with Gasteiger partial charge >= 0.3 is 7.82 Å². The van der Waals surface area contributed by atoms with Gasteiger partial charge in [-0.2, -0.15) is 0 Å². The summed E-state index contributed by atoms with van der Waals surface area (Å²) in [5, 5.41) is 0. The summed E-state index contributed by atoms with van der Waals surface area (Å²) in [5.41, 5.74) is 8.79. The minimum absolute atomic E-state index is 0.110. The number of rotatable bonds is 22. The molecule has 40 heavy (non-hydrogen) atoms. The predicted molar refractivity (Wildman–Crippen MR) is 175 cm³/mol. The molecule has 0 saturated carbocycles. The summed E-state index contributed by atoms with van der Waals surface area (Å²) < 4.78 is 15.3. The third-order valence-corrected chi connectivity index (χ3v) is 7.76. The summed E-state index contributed by atoms with van der Waals surface area (Å²) >= 11 is 0. The predicted octanol–water partition coefficient (Wildman–Crippen LogP) is 11.5. The molecule has 0 aliphatic rings. The highest BCUT2D eigenvalue weighted by Crippen LogP contribution is 2.36. The molecule has 0 bridgehead atoms. The first-order valence-electron chi connectivity index (χ1n) is 15.4. The molecule has 2 N–H and O–H groups in total. The van der Waals surface area contributed by atoms with Crippen molar-refractivity contribution in [3.63, 3.8) is 0 Å². The van der Waals surface area contributed by atoms with Gasteiger partial charge in [-0.3, -0.25) is 4.52 Å². The highest BCUT2D eigenvalue weighted by atomic mass is 31.2. The zero-order valence-electron chi connectivity index (χ0n) is 27.1. The van der Waals surface area contributed by atoms with E-state index in [2.05, 4.69) is 96.4 Å². The summed E-state index contributed by atoms with van der Waals surface area (Å²) in [6, 6.07) is 0. The maximum atomic E-state index is 10.7. The second kappa shape index (κ2) is 23.1. The Hall–Kier alpha value is -1.45. The molecular formula is C35H61O4P. The summed E-state index contributed by atoms with van der Waals surface area (Å²) in [4.78, 5) is 17.5. The van der Waals surface area contributed by atoms with Gasteiger partial charge in [0.25, 0.3) is 0 Å². The van der Waals surface area contributed by atoms with Crippen LogP contribution in [0.25, 0.3) is 0 Å². The quantitative estimate of drug-likeness (QED) is 0.0993.